The Labute approximate surface area is 153 Å². The SMILES string of the molecule is Cn1cnnc1Sc1ccc(NC(=O)c2cnc3ccccc3n2)cc1. The maximum atomic E-state index is 12.4. The number of rotatable bonds is 4. The second-order valence-electron chi connectivity index (χ2n) is 5.55. The van der Waals surface area contributed by atoms with Gasteiger partial charge in [-0.25, -0.2) is 4.98 Å². The molecule has 0 aliphatic rings. The van der Waals surface area contributed by atoms with Crippen LogP contribution in [0, 0.1) is 0 Å². The normalized spacial score (nSPS) is 10.8. The Balaban J connectivity index is 1.47. The van der Waals surface area contributed by atoms with Gasteiger partial charge in [0.15, 0.2) is 5.16 Å². The van der Waals surface area contributed by atoms with Crippen molar-refractivity contribution in [2.75, 3.05) is 5.32 Å². The summed E-state index contributed by atoms with van der Waals surface area (Å²) in [5.74, 6) is -0.294. The summed E-state index contributed by atoms with van der Waals surface area (Å²) < 4.78 is 1.85. The maximum Gasteiger partial charge on any atom is 0.275 e. The minimum absolute atomic E-state index is 0.279. The number of carbonyl (C=O) groups is 1. The molecule has 0 spiro atoms. The van der Waals surface area contributed by atoms with E-state index in [0.717, 1.165) is 15.6 Å². The Hall–Kier alpha value is -3.26. The second-order valence-corrected chi connectivity index (χ2v) is 6.59. The molecule has 0 atom stereocenters. The van der Waals surface area contributed by atoms with Crippen molar-refractivity contribution in [1.29, 1.82) is 0 Å². The first-order valence-electron chi connectivity index (χ1n) is 7.84. The quantitative estimate of drug-likeness (QED) is 0.600. The first kappa shape index (κ1) is 16.2. The van der Waals surface area contributed by atoms with Crippen molar-refractivity contribution in [3.63, 3.8) is 0 Å². The molecule has 2 aromatic heterocycles. The molecule has 0 aliphatic carbocycles. The van der Waals surface area contributed by atoms with Gasteiger partial charge < -0.3 is 9.88 Å². The predicted octanol–water partition coefficient (Wildman–Crippen LogP) is 3.16. The fourth-order valence-electron chi connectivity index (χ4n) is 2.34. The Kier molecular flexibility index (Phi) is 4.32. The molecule has 4 rings (SSSR count). The van der Waals surface area contributed by atoms with Gasteiger partial charge in [-0.1, -0.05) is 12.1 Å². The standard InChI is InChI=1S/C18H14N6OS/c1-24-11-20-23-18(24)26-13-8-6-12(7-9-13)21-17(25)16-10-19-14-4-2-3-5-15(14)22-16/h2-11H,1H3,(H,21,25). The van der Waals surface area contributed by atoms with Gasteiger partial charge in [0.25, 0.3) is 5.91 Å². The molecule has 7 nitrogen and oxygen atoms in total. The van der Waals surface area contributed by atoms with Crippen LogP contribution in [0.1, 0.15) is 10.5 Å². The molecule has 1 N–H and O–H groups in total. The van der Waals surface area contributed by atoms with Crippen molar-refractivity contribution in [3.8, 4) is 0 Å². The van der Waals surface area contributed by atoms with E-state index >= 15 is 0 Å². The molecule has 0 saturated carbocycles. The third-order valence-electron chi connectivity index (χ3n) is 3.67. The van der Waals surface area contributed by atoms with Crippen LogP contribution >= 0.6 is 11.8 Å². The third kappa shape index (κ3) is 3.40. The molecule has 0 aliphatic heterocycles. The van der Waals surface area contributed by atoms with Crippen molar-refractivity contribution in [2.24, 2.45) is 7.05 Å². The van der Waals surface area contributed by atoms with Crippen LogP contribution in [0.4, 0.5) is 5.69 Å². The number of hydrogen-bond acceptors (Lipinski definition) is 6. The van der Waals surface area contributed by atoms with Crippen molar-refractivity contribution in [2.45, 2.75) is 10.1 Å². The number of nitrogens with one attached hydrogen (secondary N) is 1. The number of hydrogen-bond donors (Lipinski definition) is 1. The van der Waals surface area contributed by atoms with E-state index < -0.39 is 0 Å². The lowest BCUT2D eigenvalue weighted by atomic mass is 10.3. The first-order valence-corrected chi connectivity index (χ1v) is 8.66. The van der Waals surface area contributed by atoms with Crippen LogP contribution in [0.5, 0.6) is 0 Å². The molecule has 128 valence electrons. The second kappa shape index (κ2) is 6.93. The number of nitrogens with zero attached hydrogens (tertiary/aromatic N) is 5. The van der Waals surface area contributed by atoms with Crippen molar-refractivity contribution in [3.05, 3.63) is 66.7 Å². The molecule has 4 aromatic rings. The van der Waals surface area contributed by atoms with E-state index in [4.69, 9.17) is 0 Å². The van der Waals surface area contributed by atoms with Crippen LogP contribution in [0.25, 0.3) is 11.0 Å². The van der Waals surface area contributed by atoms with Gasteiger partial charge in [0, 0.05) is 17.6 Å². The van der Waals surface area contributed by atoms with Gasteiger partial charge in [-0.2, -0.15) is 0 Å². The predicted molar refractivity (Wildman–Crippen MR) is 99.1 cm³/mol. The molecule has 1 amide bonds. The molecule has 0 saturated heterocycles. The number of benzene rings is 2. The molecule has 2 heterocycles. The number of anilines is 1. The minimum atomic E-state index is -0.294. The van der Waals surface area contributed by atoms with Crippen LogP contribution in [0.2, 0.25) is 0 Å². The number of para-hydroxylation sites is 2. The zero-order valence-electron chi connectivity index (χ0n) is 13.8. The van der Waals surface area contributed by atoms with E-state index in [0.29, 0.717) is 11.2 Å². The molecule has 0 radical (unpaired) electrons. The van der Waals surface area contributed by atoms with Gasteiger partial charge in [-0.15, -0.1) is 10.2 Å². The number of amides is 1. The lowest BCUT2D eigenvalue weighted by Gasteiger charge is -2.06. The average molecular weight is 362 g/mol. The van der Waals surface area contributed by atoms with Crippen LogP contribution < -0.4 is 5.32 Å². The lowest BCUT2D eigenvalue weighted by Crippen LogP contribution is -2.14. The fraction of sp³-hybridized carbons (Fsp3) is 0.0556. The highest BCUT2D eigenvalue weighted by Crippen LogP contribution is 2.26. The van der Waals surface area contributed by atoms with Gasteiger partial charge in [-0.05, 0) is 48.2 Å². The summed E-state index contributed by atoms with van der Waals surface area (Å²) in [5, 5.41) is 11.5. The van der Waals surface area contributed by atoms with Crippen LogP contribution in [-0.4, -0.2) is 30.6 Å². The van der Waals surface area contributed by atoms with Gasteiger partial charge in [0.05, 0.1) is 17.2 Å². The van der Waals surface area contributed by atoms with Crippen LogP contribution in [-0.2, 0) is 7.05 Å². The maximum absolute atomic E-state index is 12.4. The molecule has 8 heteroatoms. The summed E-state index contributed by atoms with van der Waals surface area (Å²) in [6.45, 7) is 0. The zero-order chi connectivity index (χ0) is 17.9. The van der Waals surface area contributed by atoms with Gasteiger partial charge in [-0.3, -0.25) is 9.78 Å². The lowest BCUT2D eigenvalue weighted by molar-refractivity contribution is 0.102. The Morgan fingerprint density at radius 1 is 1.08 bits per heavy atom. The summed E-state index contributed by atoms with van der Waals surface area (Å²) in [7, 11) is 1.89. The molecule has 0 fully saturated rings. The molecule has 0 unspecified atom stereocenters. The molecular weight excluding hydrogens is 348 g/mol. The van der Waals surface area contributed by atoms with E-state index in [-0.39, 0.29) is 11.6 Å². The van der Waals surface area contributed by atoms with E-state index in [1.54, 1.807) is 6.33 Å². The molecule has 26 heavy (non-hydrogen) atoms. The van der Waals surface area contributed by atoms with Crippen molar-refractivity contribution in [1.82, 2.24) is 24.7 Å². The van der Waals surface area contributed by atoms with E-state index in [9.17, 15) is 4.79 Å². The largest absolute Gasteiger partial charge is 0.321 e. The van der Waals surface area contributed by atoms with E-state index in [1.165, 1.54) is 18.0 Å². The monoisotopic (exact) mass is 362 g/mol. The number of aryl methyl sites for hydroxylation is 1. The Bertz CT molecular complexity index is 1080. The fourth-order valence-corrected chi connectivity index (χ4v) is 3.10. The number of fused-ring (bicyclic) bond motifs is 1. The number of carbonyl (C=O) groups excluding carboxylic acids is 1. The van der Waals surface area contributed by atoms with Crippen LogP contribution in [0.3, 0.4) is 0 Å². The van der Waals surface area contributed by atoms with Gasteiger partial charge in [0.1, 0.15) is 12.0 Å². The smallest absolute Gasteiger partial charge is 0.275 e. The molecular formula is C18H14N6OS. The van der Waals surface area contributed by atoms with Gasteiger partial charge >= 0.3 is 0 Å². The van der Waals surface area contributed by atoms with Gasteiger partial charge in [0.2, 0.25) is 0 Å². The third-order valence-corrected chi connectivity index (χ3v) is 4.73. The summed E-state index contributed by atoms with van der Waals surface area (Å²) in [4.78, 5) is 22.0. The topological polar surface area (TPSA) is 85.6 Å². The highest BCUT2D eigenvalue weighted by molar-refractivity contribution is 7.99. The highest BCUT2D eigenvalue weighted by atomic mass is 32.2. The minimum Gasteiger partial charge on any atom is -0.321 e. The molecule has 0 bridgehead atoms. The molecule has 2 aromatic carbocycles. The average Bonchev–Trinajstić information content (AvgIpc) is 3.07. The summed E-state index contributed by atoms with van der Waals surface area (Å²) in [5.41, 5.74) is 2.42. The van der Waals surface area contributed by atoms with Crippen molar-refractivity contribution < 1.29 is 4.79 Å². The van der Waals surface area contributed by atoms with E-state index in [1.807, 2.05) is 60.1 Å². The van der Waals surface area contributed by atoms with Crippen LogP contribution in [0.15, 0.2) is 71.1 Å². The first-order chi connectivity index (χ1) is 12.7. The summed E-state index contributed by atoms with van der Waals surface area (Å²) in [6.07, 6.45) is 3.14. The van der Waals surface area contributed by atoms with E-state index in [2.05, 4.69) is 25.5 Å². The zero-order valence-corrected chi connectivity index (χ0v) is 14.6. The van der Waals surface area contributed by atoms with Crippen molar-refractivity contribution >= 4 is 34.4 Å². The summed E-state index contributed by atoms with van der Waals surface area (Å²) >= 11 is 1.50. The number of aromatic nitrogens is 5. The Morgan fingerprint density at radius 2 is 1.85 bits per heavy atom. The highest BCUT2D eigenvalue weighted by Gasteiger charge is 2.10. The summed E-state index contributed by atoms with van der Waals surface area (Å²) in [6, 6.07) is 15.0. The Morgan fingerprint density at radius 3 is 2.58 bits per heavy atom.